The van der Waals surface area contributed by atoms with Crippen LogP contribution in [0.2, 0.25) is 5.02 Å². The van der Waals surface area contributed by atoms with Crippen molar-refractivity contribution in [2.75, 3.05) is 19.6 Å². The molecule has 0 unspecified atom stereocenters. The smallest absolute Gasteiger partial charge is 0.228 e. The molecule has 6 nitrogen and oxygen atoms in total. The molecule has 1 aliphatic rings. The molecule has 0 saturated carbocycles. The average Bonchev–Trinajstić information content (AvgIpc) is 2.97. The molecule has 0 aliphatic carbocycles. The summed E-state index contributed by atoms with van der Waals surface area (Å²) in [6.07, 6.45) is 1.73. The number of aliphatic imine (C=N–C) groups is 1. The fraction of sp³-hybridized carbons (Fsp3) is 0.357. The van der Waals surface area contributed by atoms with Crippen LogP contribution in [0.5, 0.6) is 0 Å². The number of nitrogens with zero attached hydrogens (tertiary/aromatic N) is 3. The second-order valence-electron chi connectivity index (χ2n) is 4.71. The van der Waals surface area contributed by atoms with Gasteiger partial charge in [-0.05, 0) is 18.6 Å². The number of rotatable bonds is 4. The van der Waals surface area contributed by atoms with Gasteiger partial charge in [0, 0.05) is 36.6 Å². The number of benzene rings is 1. The van der Waals surface area contributed by atoms with Crippen LogP contribution in [0.15, 0.2) is 33.8 Å². The number of guanidine groups is 1. The molecule has 0 amide bonds. The van der Waals surface area contributed by atoms with Crippen LogP contribution in [0, 0.1) is 0 Å². The highest BCUT2D eigenvalue weighted by Crippen LogP contribution is 2.19. The van der Waals surface area contributed by atoms with Gasteiger partial charge in [-0.15, -0.1) is 0 Å². The predicted molar refractivity (Wildman–Crippen MR) is 81.4 cm³/mol. The zero-order chi connectivity index (χ0) is 14.5. The van der Waals surface area contributed by atoms with Crippen molar-refractivity contribution < 1.29 is 4.52 Å². The van der Waals surface area contributed by atoms with Gasteiger partial charge in [-0.25, -0.2) is 0 Å². The molecule has 0 radical (unpaired) electrons. The minimum absolute atomic E-state index is 0.556. The number of nitrogens with one attached hydrogen (secondary N) is 2. The lowest BCUT2D eigenvalue weighted by Crippen LogP contribution is -2.41. The molecule has 110 valence electrons. The predicted octanol–water partition coefficient (Wildman–Crippen LogP) is 1.87. The van der Waals surface area contributed by atoms with Gasteiger partial charge < -0.3 is 15.2 Å². The van der Waals surface area contributed by atoms with Gasteiger partial charge >= 0.3 is 0 Å². The van der Waals surface area contributed by atoms with E-state index in [0.29, 0.717) is 29.7 Å². The first kappa shape index (κ1) is 13.9. The van der Waals surface area contributed by atoms with Crippen LogP contribution in [-0.2, 0) is 6.42 Å². The molecular weight excluding hydrogens is 290 g/mol. The zero-order valence-electron chi connectivity index (χ0n) is 11.5. The highest BCUT2D eigenvalue weighted by molar-refractivity contribution is 6.30. The maximum Gasteiger partial charge on any atom is 0.228 e. The summed E-state index contributed by atoms with van der Waals surface area (Å²) in [6, 6.07) is 7.39. The summed E-state index contributed by atoms with van der Waals surface area (Å²) in [5, 5.41) is 11.0. The second-order valence-corrected chi connectivity index (χ2v) is 5.15. The van der Waals surface area contributed by atoms with Crippen molar-refractivity contribution in [3.8, 4) is 11.4 Å². The van der Waals surface area contributed by atoms with E-state index in [1.165, 1.54) is 0 Å². The maximum absolute atomic E-state index is 5.95. The lowest BCUT2D eigenvalue weighted by Gasteiger charge is -2.15. The van der Waals surface area contributed by atoms with Crippen LogP contribution in [0.3, 0.4) is 0 Å². The third-order valence-electron chi connectivity index (χ3n) is 3.08. The van der Waals surface area contributed by atoms with Crippen molar-refractivity contribution in [1.82, 2.24) is 20.8 Å². The van der Waals surface area contributed by atoms with E-state index in [1.807, 2.05) is 24.3 Å². The Morgan fingerprint density at radius 1 is 1.38 bits per heavy atom. The van der Waals surface area contributed by atoms with E-state index in [9.17, 15) is 0 Å². The van der Waals surface area contributed by atoms with Crippen molar-refractivity contribution >= 4 is 17.6 Å². The quantitative estimate of drug-likeness (QED) is 0.902. The molecule has 2 heterocycles. The van der Waals surface area contributed by atoms with Crippen LogP contribution in [-0.4, -0.2) is 35.7 Å². The monoisotopic (exact) mass is 305 g/mol. The fourth-order valence-corrected chi connectivity index (χ4v) is 2.23. The van der Waals surface area contributed by atoms with E-state index >= 15 is 0 Å². The van der Waals surface area contributed by atoms with Crippen LogP contribution in [0.4, 0.5) is 0 Å². The van der Waals surface area contributed by atoms with E-state index in [4.69, 9.17) is 16.1 Å². The standard InChI is InChI=1S/C14H16ClN5O/c15-11-4-1-3-10(9-11)13-19-12(21-20-13)5-8-18-14-16-6-2-7-17-14/h1,3-4,9H,2,5-8H2,(H2,16,17,18). The topological polar surface area (TPSA) is 75.3 Å². The average molecular weight is 306 g/mol. The Bertz CT molecular complexity index is 640. The van der Waals surface area contributed by atoms with Crippen molar-refractivity contribution in [2.45, 2.75) is 12.8 Å². The molecule has 2 N–H and O–H groups in total. The largest absolute Gasteiger partial charge is 0.356 e. The molecule has 0 fully saturated rings. The molecule has 0 spiro atoms. The lowest BCUT2D eigenvalue weighted by atomic mass is 10.2. The summed E-state index contributed by atoms with van der Waals surface area (Å²) in [7, 11) is 0. The Hall–Kier alpha value is -2.08. The van der Waals surface area contributed by atoms with Crippen LogP contribution in [0.25, 0.3) is 11.4 Å². The number of halogens is 1. The van der Waals surface area contributed by atoms with Crippen molar-refractivity contribution in [3.63, 3.8) is 0 Å². The molecule has 2 aromatic rings. The van der Waals surface area contributed by atoms with E-state index in [-0.39, 0.29) is 0 Å². The number of aromatic nitrogens is 2. The SMILES string of the molecule is Clc1cccc(-c2noc(CCNC3=NCCCN3)n2)c1. The summed E-state index contributed by atoms with van der Waals surface area (Å²) < 4.78 is 5.24. The first-order chi connectivity index (χ1) is 10.3. The van der Waals surface area contributed by atoms with Gasteiger partial charge in [0.05, 0.1) is 0 Å². The molecular formula is C14H16ClN5O. The molecule has 3 rings (SSSR count). The molecule has 7 heteroatoms. The molecule has 0 atom stereocenters. The van der Waals surface area contributed by atoms with E-state index < -0.39 is 0 Å². The Morgan fingerprint density at radius 2 is 2.33 bits per heavy atom. The van der Waals surface area contributed by atoms with Crippen LogP contribution >= 0.6 is 11.6 Å². The summed E-state index contributed by atoms with van der Waals surface area (Å²) >= 11 is 5.95. The van der Waals surface area contributed by atoms with Gasteiger partial charge in [0.2, 0.25) is 11.7 Å². The maximum atomic E-state index is 5.95. The first-order valence-corrected chi connectivity index (χ1v) is 7.30. The van der Waals surface area contributed by atoms with Gasteiger partial charge in [0.15, 0.2) is 5.96 Å². The minimum atomic E-state index is 0.556. The normalized spacial score (nSPS) is 14.4. The van der Waals surface area contributed by atoms with E-state index in [1.54, 1.807) is 0 Å². The summed E-state index contributed by atoms with van der Waals surface area (Å²) in [5.41, 5.74) is 0.851. The first-order valence-electron chi connectivity index (χ1n) is 6.92. The van der Waals surface area contributed by atoms with Crippen LogP contribution in [0.1, 0.15) is 12.3 Å². The van der Waals surface area contributed by atoms with E-state index in [2.05, 4.69) is 25.8 Å². The second kappa shape index (κ2) is 6.58. The highest BCUT2D eigenvalue weighted by atomic mass is 35.5. The fourth-order valence-electron chi connectivity index (χ4n) is 2.04. The zero-order valence-corrected chi connectivity index (χ0v) is 12.2. The molecule has 1 aromatic heterocycles. The summed E-state index contributed by atoms with van der Waals surface area (Å²) in [6.45, 7) is 2.53. The summed E-state index contributed by atoms with van der Waals surface area (Å²) in [4.78, 5) is 8.70. The lowest BCUT2D eigenvalue weighted by molar-refractivity contribution is 0.378. The Labute approximate surface area is 127 Å². The van der Waals surface area contributed by atoms with Gasteiger partial charge in [0.25, 0.3) is 0 Å². The number of hydrogen-bond donors (Lipinski definition) is 2. The highest BCUT2D eigenvalue weighted by Gasteiger charge is 2.09. The molecule has 1 aliphatic heterocycles. The molecule has 0 bridgehead atoms. The van der Waals surface area contributed by atoms with Crippen molar-refractivity contribution in [2.24, 2.45) is 4.99 Å². The number of hydrogen-bond acceptors (Lipinski definition) is 6. The third-order valence-corrected chi connectivity index (χ3v) is 3.31. The molecule has 1 aromatic carbocycles. The van der Waals surface area contributed by atoms with Gasteiger partial charge in [0.1, 0.15) is 0 Å². The molecule has 0 saturated heterocycles. The van der Waals surface area contributed by atoms with Crippen LogP contribution < -0.4 is 10.6 Å². The van der Waals surface area contributed by atoms with Gasteiger partial charge in [-0.3, -0.25) is 4.99 Å². The minimum Gasteiger partial charge on any atom is -0.356 e. The third kappa shape index (κ3) is 3.72. The van der Waals surface area contributed by atoms with E-state index in [0.717, 1.165) is 31.0 Å². The van der Waals surface area contributed by atoms with Crippen molar-refractivity contribution in [3.05, 3.63) is 35.2 Å². The van der Waals surface area contributed by atoms with Gasteiger partial charge in [-0.1, -0.05) is 28.9 Å². The molecule has 21 heavy (non-hydrogen) atoms. The van der Waals surface area contributed by atoms with Crippen molar-refractivity contribution in [1.29, 1.82) is 0 Å². The van der Waals surface area contributed by atoms with Gasteiger partial charge in [-0.2, -0.15) is 4.98 Å². The summed E-state index contributed by atoms with van der Waals surface area (Å²) in [5.74, 6) is 1.99. The Kier molecular flexibility index (Phi) is 4.35. The Balaban J connectivity index is 1.56. The Morgan fingerprint density at radius 3 is 3.14 bits per heavy atom.